The summed E-state index contributed by atoms with van der Waals surface area (Å²) < 4.78 is 10.7. The third-order valence-electron chi connectivity index (χ3n) is 3.97. The van der Waals surface area contributed by atoms with E-state index in [0.29, 0.717) is 17.1 Å². The standard InChI is InChI=1S/C22H20N2O4/c1-27-20-13-7-10-17(22(20)26)14-23-24-21(25)15-28-19-12-6-5-11-18(19)16-8-3-2-4-9-16/h2-14,26H,15H2,1H3,(H,24,25). The van der Waals surface area contributed by atoms with Gasteiger partial charge in [0, 0.05) is 11.1 Å². The lowest BCUT2D eigenvalue weighted by molar-refractivity contribution is -0.123. The molecule has 0 spiro atoms. The maximum Gasteiger partial charge on any atom is 0.277 e. The normalized spacial score (nSPS) is 10.6. The van der Waals surface area contributed by atoms with Crippen molar-refractivity contribution in [3.8, 4) is 28.4 Å². The SMILES string of the molecule is COc1cccc(C=NNC(=O)COc2ccccc2-c2ccccc2)c1O. The Hall–Kier alpha value is -3.80. The Kier molecular flexibility index (Phi) is 6.25. The summed E-state index contributed by atoms with van der Waals surface area (Å²) in [6, 6.07) is 22.3. The van der Waals surface area contributed by atoms with Crippen molar-refractivity contribution in [1.29, 1.82) is 0 Å². The van der Waals surface area contributed by atoms with Crippen molar-refractivity contribution in [3.05, 3.63) is 78.4 Å². The number of aromatic hydroxyl groups is 1. The molecule has 3 aromatic carbocycles. The first-order valence-electron chi connectivity index (χ1n) is 8.64. The van der Waals surface area contributed by atoms with Gasteiger partial charge < -0.3 is 14.6 Å². The van der Waals surface area contributed by atoms with E-state index in [1.165, 1.54) is 13.3 Å². The van der Waals surface area contributed by atoms with Crippen LogP contribution in [0.2, 0.25) is 0 Å². The molecule has 0 aliphatic heterocycles. The molecule has 2 N–H and O–H groups in total. The number of phenolic OH excluding ortho intramolecular Hbond substituents is 1. The van der Waals surface area contributed by atoms with Crippen molar-refractivity contribution in [3.63, 3.8) is 0 Å². The Balaban J connectivity index is 1.60. The molecule has 142 valence electrons. The van der Waals surface area contributed by atoms with Crippen molar-refractivity contribution in [2.75, 3.05) is 13.7 Å². The molecule has 6 heteroatoms. The molecule has 0 fully saturated rings. The van der Waals surface area contributed by atoms with E-state index >= 15 is 0 Å². The number of hydrogen-bond acceptors (Lipinski definition) is 5. The van der Waals surface area contributed by atoms with Crippen molar-refractivity contribution >= 4 is 12.1 Å². The summed E-state index contributed by atoms with van der Waals surface area (Å²) in [5, 5.41) is 13.8. The molecule has 0 saturated carbocycles. The number of phenols is 1. The van der Waals surface area contributed by atoms with Crippen LogP contribution >= 0.6 is 0 Å². The van der Waals surface area contributed by atoms with Crippen molar-refractivity contribution in [2.24, 2.45) is 5.10 Å². The molecule has 0 unspecified atom stereocenters. The average molecular weight is 376 g/mol. The lowest BCUT2D eigenvalue weighted by atomic mass is 10.1. The van der Waals surface area contributed by atoms with Gasteiger partial charge in [0.1, 0.15) is 5.75 Å². The van der Waals surface area contributed by atoms with Crippen molar-refractivity contribution < 1.29 is 19.4 Å². The fourth-order valence-electron chi connectivity index (χ4n) is 2.61. The Bertz CT molecular complexity index is 971. The maximum atomic E-state index is 12.0. The maximum absolute atomic E-state index is 12.0. The first kappa shape index (κ1) is 19.0. The number of carbonyl (C=O) groups excluding carboxylic acids is 1. The highest BCUT2D eigenvalue weighted by molar-refractivity contribution is 5.86. The fraction of sp³-hybridized carbons (Fsp3) is 0.0909. The molecule has 0 saturated heterocycles. The van der Waals surface area contributed by atoms with Crippen LogP contribution in [0.15, 0.2) is 77.9 Å². The second-order valence-corrected chi connectivity index (χ2v) is 5.84. The molecule has 6 nitrogen and oxygen atoms in total. The number of nitrogens with one attached hydrogen (secondary N) is 1. The smallest absolute Gasteiger partial charge is 0.277 e. The number of hydrazone groups is 1. The Morgan fingerprint density at radius 3 is 2.50 bits per heavy atom. The predicted molar refractivity (Wildman–Crippen MR) is 108 cm³/mol. The second kappa shape index (κ2) is 9.23. The lowest BCUT2D eigenvalue weighted by Crippen LogP contribution is -2.24. The van der Waals surface area contributed by atoms with Crippen LogP contribution in [0.25, 0.3) is 11.1 Å². The number of amides is 1. The van der Waals surface area contributed by atoms with Gasteiger partial charge in [0.25, 0.3) is 5.91 Å². The molecule has 0 aliphatic rings. The minimum Gasteiger partial charge on any atom is -0.504 e. The van der Waals surface area contributed by atoms with E-state index in [-0.39, 0.29) is 12.4 Å². The minimum atomic E-state index is -0.415. The lowest BCUT2D eigenvalue weighted by Gasteiger charge is -2.11. The second-order valence-electron chi connectivity index (χ2n) is 5.84. The van der Waals surface area contributed by atoms with E-state index in [1.54, 1.807) is 18.2 Å². The molecule has 0 radical (unpaired) electrons. The molecule has 1 amide bonds. The van der Waals surface area contributed by atoms with Crippen LogP contribution in [0, 0.1) is 0 Å². The summed E-state index contributed by atoms with van der Waals surface area (Å²) >= 11 is 0. The molecule has 0 heterocycles. The van der Waals surface area contributed by atoms with Gasteiger partial charge in [-0.3, -0.25) is 4.79 Å². The summed E-state index contributed by atoms with van der Waals surface area (Å²) in [4.78, 5) is 12.0. The van der Waals surface area contributed by atoms with Gasteiger partial charge in [0.05, 0.1) is 13.3 Å². The first-order valence-corrected chi connectivity index (χ1v) is 8.64. The quantitative estimate of drug-likeness (QED) is 0.488. The number of methoxy groups -OCH3 is 1. The van der Waals surface area contributed by atoms with E-state index in [9.17, 15) is 9.90 Å². The molecule has 0 atom stereocenters. The summed E-state index contributed by atoms with van der Waals surface area (Å²) in [5.74, 6) is 0.479. The molecule has 0 aliphatic carbocycles. The van der Waals surface area contributed by atoms with Gasteiger partial charge in [-0.1, -0.05) is 54.6 Å². The van der Waals surface area contributed by atoms with Crippen LogP contribution < -0.4 is 14.9 Å². The van der Waals surface area contributed by atoms with E-state index in [0.717, 1.165) is 11.1 Å². The highest BCUT2D eigenvalue weighted by atomic mass is 16.5. The van der Waals surface area contributed by atoms with E-state index in [1.807, 2.05) is 54.6 Å². The van der Waals surface area contributed by atoms with Crippen LogP contribution in [0.5, 0.6) is 17.2 Å². The zero-order valence-corrected chi connectivity index (χ0v) is 15.3. The molecular weight excluding hydrogens is 356 g/mol. The summed E-state index contributed by atoms with van der Waals surface area (Å²) in [7, 11) is 1.46. The van der Waals surface area contributed by atoms with Crippen LogP contribution in [-0.4, -0.2) is 30.9 Å². The van der Waals surface area contributed by atoms with E-state index in [2.05, 4.69) is 10.5 Å². The summed E-state index contributed by atoms with van der Waals surface area (Å²) in [6.07, 6.45) is 1.34. The first-order chi connectivity index (χ1) is 13.7. The molecule has 0 bridgehead atoms. The molecule has 28 heavy (non-hydrogen) atoms. The molecular formula is C22H20N2O4. The Labute approximate surface area is 163 Å². The number of ether oxygens (including phenoxy) is 2. The minimum absolute atomic E-state index is 0.0453. The van der Waals surface area contributed by atoms with E-state index in [4.69, 9.17) is 9.47 Å². The van der Waals surface area contributed by atoms with Gasteiger partial charge >= 0.3 is 0 Å². The Morgan fingerprint density at radius 2 is 1.71 bits per heavy atom. The molecule has 0 aromatic heterocycles. The number of benzene rings is 3. The van der Waals surface area contributed by atoms with Gasteiger partial charge in [-0.15, -0.1) is 0 Å². The third kappa shape index (κ3) is 4.67. The van der Waals surface area contributed by atoms with Crippen LogP contribution in [0.3, 0.4) is 0 Å². The van der Waals surface area contributed by atoms with Gasteiger partial charge in [0.2, 0.25) is 0 Å². The summed E-state index contributed by atoms with van der Waals surface area (Å²) in [5.41, 5.74) is 4.71. The van der Waals surface area contributed by atoms with Crippen LogP contribution in [0.4, 0.5) is 0 Å². The number of hydrogen-bond donors (Lipinski definition) is 2. The molecule has 3 rings (SSSR count). The zero-order chi connectivity index (χ0) is 19.8. The Morgan fingerprint density at radius 1 is 1.00 bits per heavy atom. The van der Waals surface area contributed by atoms with E-state index < -0.39 is 5.91 Å². The topological polar surface area (TPSA) is 80.2 Å². The van der Waals surface area contributed by atoms with Crippen molar-refractivity contribution in [1.82, 2.24) is 5.43 Å². The fourth-order valence-corrected chi connectivity index (χ4v) is 2.61. The molecule has 3 aromatic rings. The van der Waals surface area contributed by atoms with Gasteiger partial charge in [-0.25, -0.2) is 5.43 Å². The highest BCUT2D eigenvalue weighted by Gasteiger charge is 2.08. The number of nitrogens with zero attached hydrogens (tertiary/aromatic N) is 1. The van der Waals surface area contributed by atoms with Crippen LogP contribution in [-0.2, 0) is 4.79 Å². The predicted octanol–water partition coefficient (Wildman–Crippen LogP) is 3.60. The number of rotatable bonds is 7. The largest absolute Gasteiger partial charge is 0.504 e. The van der Waals surface area contributed by atoms with Crippen molar-refractivity contribution in [2.45, 2.75) is 0 Å². The summed E-state index contributed by atoms with van der Waals surface area (Å²) in [6.45, 7) is -0.189. The monoisotopic (exact) mass is 376 g/mol. The van der Waals surface area contributed by atoms with Gasteiger partial charge in [-0.05, 0) is 23.8 Å². The van der Waals surface area contributed by atoms with Gasteiger partial charge in [0.15, 0.2) is 18.1 Å². The average Bonchev–Trinajstić information content (AvgIpc) is 2.74. The number of carbonyl (C=O) groups is 1. The third-order valence-corrected chi connectivity index (χ3v) is 3.97. The zero-order valence-electron chi connectivity index (χ0n) is 15.3. The van der Waals surface area contributed by atoms with Crippen LogP contribution in [0.1, 0.15) is 5.56 Å². The highest BCUT2D eigenvalue weighted by Crippen LogP contribution is 2.29. The number of para-hydroxylation sites is 2. The van der Waals surface area contributed by atoms with Gasteiger partial charge in [-0.2, -0.15) is 5.10 Å².